The predicted octanol–water partition coefficient (Wildman–Crippen LogP) is 3.18. The largest absolute Gasteiger partial charge is 0.355 e. The van der Waals surface area contributed by atoms with Gasteiger partial charge in [-0.1, -0.05) is 60.7 Å². The van der Waals surface area contributed by atoms with E-state index in [1.807, 2.05) is 48.5 Å². The Balaban J connectivity index is 1.22. The van der Waals surface area contributed by atoms with Crippen LogP contribution in [-0.2, 0) is 4.79 Å². The molecule has 0 unspecified atom stereocenters. The van der Waals surface area contributed by atoms with E-state index in [1.165, 1.54) is 6.33 Å². The second-order valence-corrected chi connectivity index (χ2v) is 8.11. The second-order valence-electron chi connectivity index (χ2n) is 8.11. The lowest BCUT2D eigenvalue weighted by molar-refractivity contribution is -0.126. The summed E-state index contributed by atoms with van der Waals surface area (Å²) in [5.41, 5.74) is 2.16. The summed E-state index contributed by atoms with van der Waals surface area (Å²) in [5.74, 6) is 1.50. The van der Waals surface area contributed by atoms with E-state index in [0.717, 1.165) is 42.9 Å². The Hall–Kier alpha value is -4.07. The molecule has 1 N–H and O–H groups in total. The lowest BCUT2D eigenvalue weighted by atomic mass is 9.93. The smallest absolute Gasteiger partial charge is 0.223 e. The van der Waals surface area contributed by atoms with E-state index < -0.39 is 0 Å². The topological polar surface area (TPSA) is 88.8 Å². The third kappa shape index (κ3) is 4.74. The highest BCUT2D eigenvalue weighted by Crippen LogP contribution is 2.26. The van der Waals surface area contributed by atoms with Crippen LogP contribution in [0.1, 0.15) is 30.0 Å². The number of carbonyl (C=O) groups is 1. The Morgan fingerprint density at radius 2 is 1.45 bits per heavy atom. The molecule has 2 aromatic carbocycles. The highest BCUT2D eigenvalue weighted by atomic mass is 16.2. The molecule has 3 heterocycles. The van der Waals surface area contributed by atoms with E-state index in [-0.39, 0.29) is 17.9 Å². The molecule has 1 fully saturated rings. The average molecular weight is 440 g/mol. The Morgan fingerprint density at radius 3 is 2.00 bits per heavy atom. The molecule has 8 heteroatoms. The first-order chi connectivity index (χ1) is 16.3. The van der Waals surface area contributed by atoms with Gasteiger partial charge in [0.2, 0.25) is 5.91 Å². The van der Waals surface area contributed by atoms with E-state index in [1.54, 1.807) is 11.0 Å². The number of nitrogens with zero attached hydrogens (tertiary/aromatic N) is 6. The molecule has 0 atom stereocenters. The van der Waals surface area contributed by atoms with Crippen LogP contribution >= 0.6 is 0 Å². The van der Waals surface area contributed by atoms with Crippen LogP contribution < -0.4 is 10.2 Å². The Morgan fingerprint density at radius 1 is 0.848 bits per heavy atom. The zero-order valence-electron chi connectivity index (χ0n) is 18.2. The molecule has 0 aliphatic carbocycles. The van der Waals surface area contributed by atoms with Gasteiger partial charge in [-0.3, -0.25) is 4.79 Å². The van der Waals surface area contributed by atoms with Gasteiger partial charge in [-0.25, -0.2) is 9.67 Å². The summed E-state index contributed by atoms with van der Waals surface area (Å²) in [6, 6.07) is 23.9. The summed E-state index contributed by atoms with van der Waals surface area (Å²) in [5, 5.41) is 16.0. The molecule has 2 aromatic heterocycles. The first kappa shape index (κ1) is 20.8. The van der Waals surface area contributed by atoms with Gasteiger partial charge in [-0.05, 0) is 36.1 Å². The van der Waals surface area contributed by atoms with Gasteiger partial charge >= 0.3 is 0 Å². The standard InChI is InChI=1S/C25H25N7O/c33-25(28-24(19-7-3-1-4-8-19)20-9-5-2-6-10-20)21-13-15-31(16-14-21)22-11-12-23(30-29-22)32-18-26-17-27-32/h1-12,17-18,21,24H,13-16H2,(H,28,33). The van der Waals surface area contributed by atoms with Crippen molar-refractivity contribution in [1.29, 1.82) is 0 Å². The first-order valence-corrected chi connectivity index (χ1v) is 11.1. The minimum absolute atomic E-state index is 0.0291. The van der Waals surface area contributed by atoms with Crippen molar-refractivity contribution in [2.45, 2.75) is 18.9 Å². The number of nitrogens with one attached hydrogen (secondary N) is 1. The Labute approximate surface area is 192 Å². The zero-order valence-corrected chi connectivity index (χ0v) is 18.2. The number of amides is 1. The average Bonchev–Trinajstić information content (AvgIpc) is 3.44. The van der Waals surface area contributed by atoms with Crippen LogP contribution in [0.4, 0.5) is 5.82 Å². The lowest BCUT2D eigenvalue weighted by Gasteiger charge is -2.32. The molecule has 1 aliphatic heterocycles. The van der Waals surface area contributed by atoms with E-state index in [0.29, 0.717) is 5.82 Å². The minimum atomic E-state index is -0.159. The molecule has 33 heavy (non-hydrogen) atoms. The molecular formula is C25H25N7O. The van der Waals surface area contributed by atoms with Crippen LogP contribution in [0, 0.1) is 5.92 Å². The molecule has 0 spiro atoms. The third-order valence-corrected chi connectivity index (χ3v) is 6.03. The molecule has 166 valence electrons. The number of rotatable bonds is 6. The van der Waals surface area contributed by atoms with Crippen molar-refractivity contribution in [2.75, 3.05) is 18.0 Å². The molecule has 4 aromatic rings. The number of benzene rings is 2. The summed E-state index contributed by atoms with van der Waals surface area (Å²) in [4.78, 5) is 19.3. The molecule has 0 saturated carbocycles. The van der Waals surface area contributed by atoms with Gasteiger partial charge in [0.1, 0.15) is 12.7 Å². The SMILES string of the molecule is O=C(NC(c1ccccc1)c1ccccc1)C1CCN(c2ccc(-n3cncn3)nn2)CC1. The normalized spacial score (nSPS) is 14.4. The van der Waals surface area contributed by atoms with E-state index in [4.69, 9.17) is 0 Å². The van der Waals surface area contributed by atoms with E-state index in [2.05, 4.69) is 54.8 Å². The van der Waals surface area contributed by atoms with Gasteiger partial charge in [0.05, 0.1) is 6.04 Å². The summed E-state index contributed by atoms with van der Waals surface area (Å²) in [6.45, 7) is 1.52. The fourth-order valence-electron chi connectivity index (χ4n) is 4.22. The Kier molecular flexibility index (Phi) is 6.06. The summed E-state index contributed by atoms with van der Waals surface area (Å²) >= 11 is 0. The molecule has 8 nitrogen and oxygen atoms in total. The number of hydrogen-bond donors (Lipinski definition) is 1. The first-order valence-electron chi connectivity index (χ1n) is 11.1. The number of hydrogen-bond acceptors (Lipinski definition) is 6. The maximum absolute atomic E-state index is 13.2. The lowest BCUT2D eigenvalue weighted by Crippen LogP contribution is -2.42. The number of aromatic nitrogens is 5. The highest BCUT2D eigenvalue weighted by Gasteiger charge is 2.28. The third-order valence-electron chi connectivity index (χ3n) is 6.03. The van der Waals surface area contributed by atoms with Crippen molar-refractivity contribution in [2.24, 2.45) is 5.92 Å². The van der Waals surface area contributed by atoms with Gasteiger partial charge in [0, 0.05) is 19.0 Å². The summed E-state index contributed by atoms with van der Waals surface area (Å²) < 4.78 is 1.57. The fraction of sp³-hybridized carbons (Fsp3) is 0.240. The molecule has 1 amide bonds. The quantitative estimate of drug-likeness (QED) is 0.496. The predicted molar refractivity (Wildman–Crippen MR) is 125 cm³/mol. The van der Waals surface area contributed by atoms with Gasteiger partial charge in [0.25, 0.3) is 0 Å². The van der Waals surface area contributed by atoms with Crippen LogP contribution in [0.15, 0.2) is 85.5 Å². The van der Waals surface area contributed by atoms with Crippen molar-refractivity contribution < 1.29 is 4.79 Å². The van der Waals surface area contributed by atoms with E-state index in [9.17, 15) is 4.79 Å². The van der Waals surface area contributed by atoms with Crippen LogP contribution in [0.2, 0.25) is 0 Å². The van der Waals surface area contributed by atoms with Crippen molar-refractivity contribution in [1.82, 2.24) is 30.3 Å². The molecule has 5 rings (SSSR count). The fourth-order valence-corrected chi connectivity index (χ4v) is 4.22. The zero-order chi connectivity index (χ0) is 22.5. The van der Waals surface area contributed by atoms with E-state index >= 15 is 0 Å². The van der Waals surface area contributed by atoms with Crippen LogP contribution in [0.5, 0.6) is 0 Å². The molecule has 1 aliphatic rings. The van der Waals surface area contributed by atoms with Crippen LogP contribution in [0.3, 0.4) is 0 Å². The molecule has 0 bridgehead atoms. The molecular weight excluding hydrogens is 414 g/mol. The number of piperidine rings is 1. The monoisotopic (exact) mass is 439 g/mol. The second kappa shape index (κ2) is 9.60. The molecule has 0 radical (unpaired) electrons. The van der Waals surface area contributed by atoms with Gasteiger partial charge in [0.15, 0.2) is 11.6 Å². The van der Waals surface area contributed by atoms with Crippen molar-refractivity contribution in [3.8, 4) is 5.82 Å². The number of carbonyl (C=O) groups excluding carboxylic acids is 1. The van der Waals surface area contributed by atoms with Gasteiger partial charge < -0.3 is 10.2 Å². The minimum Gasteiger partial charge on any atom is -0.355 e. The summed E-state index contributed by atoms with van der Waals surface area (Å²) in [6.07, 6.45) is 4.60. The number of anilines is 1. The van der Waals surface area contributed by atoms with Crippen molar-refractivity contribution in [3.05, 3.63) is 96.6 Å². The van der Waals surface area contributed by atoms with Crippen molar-refractivity contribution >= 4 is 11.7 Å². The van der Waals surface area contributed by atoms with Crippen LogP contribution in [-0.4, -0.2) is 44.0 Å². The molecule has 1 saturated heterocycles. The maximum Gasteiger partial charge on any atom is 0.223 e. The van der Waals surface area contributed by atoms with Crippen LogP contribution in [0.25, 0.3) is 5.82 Å². The summed E-state index contributed by atoms with van der Waals surface area (Å²) in [7, 11) is 0. The van der Waals surface area contributed by atoms with Gasteiger partial charge in [-0.15, -0.1) is 10.2 Å². The van der Waals surface area contributed by atoms with Gasteiger partial charge in [-0.2, -0.15) is 5.10 Å². The maximum atomic E-state index is 13.2. The van der Waals surface area contributed by atoms with Crippen molar-refractivity contribution in [3.63, 3.8) is 0 Å². The highest BCUT2D eigenvalue weighted by molar-refractivity contribution is 5.80. The Bertz CT molecular complexity index is 1120.